The number of aromatic nitrogens is 5. The van der Waals surface area contributed by atoms with Gasteiger partial charge in [0.1, 0.15) is 37.3 Å². The van der Waals surface area contributed by atoms with Crippen molar-refractivity contribution in [2.75, 3.05) is 23.8 Å². The van der Waals surface area contributed by atoms with Crippen molar-refractivity contribution in [3.05, 3.63) is 130 Å². The monoisotopic (exact) mass is 1190 g/mol. The smallest absolute Gasteiger partial charge is 0.411 e. The van der Waals surface area contributed by atoms with E-state index < -0.39 is 96.0 Å². The van der Waals surface area contributed by atoms with Gasteiger partial charge in [-0.25, -0.2) is 14.6 Å². The number of carbonyl (C=O) groups excluding carboxylic acids is 5. The first kappa shape index (κ1) is 59.0. The first-order chi connectivity index (χ1) is 40.8. The molecule has 2 saturated heterocycles. The number of aliphatic hydroxyl groups is 5. The third kappa shape index (κ3) is 11.5. The molecule has 0 unspecified atom stereocenters. The molecule has 9 N–H and O–H groups in total. The zero-order valence-corrected chi connectivity index (χ0v) is 46.8. The average molecular weight is 1190 g/mol. The number of nitrogens with one attached hydrogen (secondary N) is 3. The topological polar surface area (TPSA) is 370 Å². The molecule has 85 heavy (non-hydrogen) atoms. The second-order valence-electron chi connectivity index (χ2n) is 22.6. The molecule has 3 amide bonds. The highest BCUT2D eigenvalue weighted by Crippen LogP contribution is 2.70. The highest BCUT2D eigenvalue weighted by Gasteiger charge is 2.76. The van der Waals surface area contributed by atoms with E-state index in [1.54, 1.807) is 60.8 Å². The van der Waals surface area contributed by atoms with Gasteiger partial charge in [-0.2, -0.15) is 0 Å². The van der Waals surface area contributed by atoms with Crippen LogP contribution in [0.25, 0.3) is 11.4 Å². The van der Waals surface area contributed by atoms with Crippen LogP contribution in [0.5, 0.6) is 5.75 Å². The number of carboxylic acids is 1. The van der Waals surface area contributed by atoms with Crippen molar-refractivity contribution in [3.8, 4) is 17.1 Å². The Bertz CT molecular complexity index is 3460. The van der Waals surface area contributed by atoms with Crippen LogP contribution in [0.3, 0.4) is 0 Å². The molecule has 0 radical (unpaired) electrons. The number of Topliss-reactive ketones (excluding diaryl/α,β-unsaturated/α-hetero) is 1. The molecule has 6 aliphatic rings. The van der Waals surface area contributed by atoms with Crippen molar-refractivity contribution >= 4 is 58.2 Å². The predicted molar refractivity (Wildman–Crippen MR) is 296 cm³/mol. The number of benzene rings is 3. The van der Waals surface area contributed by atoms with E-state index in [0.717, 1.165) is 17.6 Å². The summed E-state index contributed by atoms with van der Waals surface area (Å²) in [7, 11) is 0. The number of anilines is 2. The highest BCUT2D eigenvalue weighted by molar-refractivity contribution is 7.11. The van der Waals surface area contributed by atoms with E-state index in [1.165, 1.54) is 35.9 Å². The lowest BCUT2D eigenvalue weighted by Crippen LogP contribution is -2.63. The van der Waals surface area contributed by atoms with Crippen molar-refractivity contribution in [1.29, 1.82) is 0 Å². The summed E-state index contributed by atoms with van der Waals surface area (Å²) in [5, 5.41) is 87.4. The largest absolute Gasteiger partial charge is 0.479 e. The molecule has 0 bridgehead atoms. The summed E-state index contributed by atoms with van der Waals surface area (Å²) < 4.78 is 30.1. The Balaban J connectivity index is 0.711. The highest BCUT2D eigenvalue weighted by atomic mass is 32.1. The molecule has 5 fully saturated rings. The minimum absolute atomic E-state index is 0.00364. The van der Waals surface area contributed by atoms with Gasteiger partial charge in [0.2, 0.25) is 23.9 Å². The lowest BCUT2D eigenvalue weighted by atomic mass is 9.46. The Morgan fingerprint density at radius 3 is 2.42 bits per heavy atom. The van der Waals surface area contributed by atoms with Crippen molar-refractivity contribution in [2.45, 2.75) is 120 Å². The molecule has 0 spiro atoms. The number of thiazole rings is 1. The van der Waals surface area contributed by atoms with E-state index in [9.17, 15) is 59.4 Å². The number of ketones is 2. The number of ether oxygens (including phenoxy) is 5. The number of carboxylic acid groups (broad SMARTS) is 1. The molecule has 3 aromatic carbocycles. The number of nitrogens with zero attached hydrogens (tertiary/aromatic N) is 5. The summed E-state index contributed by atoms with van der Waals surface area (Å²) in [4.78, 5) is 83.0. The first-order valence-electron chi connectivity index (χ1n) is 27.7. The Morgan fingerprint density at radius 1 is 0.882 bits per heavy atom. The van der Waals surface area contributed by atoms with E-state index in [4.69, 9.17) is 23.7 Å². The van der Waals surface area contributed by atoms with E-state index in [-0.39, 0.29) is 73.3 Å². The van der Waals surface area contributed by atoms with Gasteiger partial charge in [-0.15, -0.1) is 31.7 Å². The van der Waals surface area contributed by atoms with Crippen LogP contribution in [0.1, 0.15) is 78.8 Å². The molecule has 2 aromatic heterocycles. The van der Waals surface area contributed by atoms with E-state index in [0.29, 0.717) is 57.3 Å². The standard InChI is InChI=1S/C59H62N8O17S/c1-57-16-14-35(69)22-33(57)11-12-36-37-23-43-59(42(71)26-68,58(37,2)24-39(70)47(36)57)84-54(82-43)41-25-61-46(85-41)21-30-4-3-5-34(18-30)64-56(79)80-27-31-8-13-40(81-55-50(76)48(74)49(75)51(83-55)53(77)78)38(19-31)65-44(72)15-17-60-45(73)20-29-6-9-32(10-7-29)52-66-62-28-63-67-52/h3-10,13-14,16,18-19,22,25,28,36-37,39,43,47-51,54-55,68,70,74-76H,11-12,15,17,20-21,23-24,26-27H2,1-2H3,(H,60,73)(H,64,79)(H,65,72)(H,77,78)/t36-,37-,39-,43+,47+,48-,49-,50+,51-,54-,55+,57-,58-,59+/m0/s1. The second kappa shape index (κ2) is 23.9. The third-order valence-electron chi connectivity index (χ3n) is 17.5. The Labute approximate surface area is 489 Å². The van der Waals surface area contributed by atoms with Gasteiger partial charge in [0.25, 0.3) is 0 Å². The molecule has 26 heteroatoms. The van der Waals surface area contributed by atoms with Gasteiger partial charge < -0.3 is 65.0 Å². The molecule has 14 atom stereocenters. The zero-order chi connectivity index (χ0) is 60.0. The van der Waals surface area contributed by atoms with Gasteiger partial charge in [-0.05, 0) is 90.6 Å². The number of carbonyl (C=O) groups is 6. The minimum Gasteiger partial charge on any atom is -0.479 e. The number of hydrogen-bond acceptors (Lipinski definition) is 22. The summed E-state index contributed by atoms with van der Waals surface area (Å²) in [6.45, 7) is 2.87. The normalized spacial score (nSPS) is 30.8. The number of rotatable bonds is 18. The lowest BCUT2D eigenvalue weighted by Gasteiger charge is -2.59. The van der Waals surface area contributed by atoms with Crippen LogP contribution in [0.15, 0.2) is 103 Å². The number of aliphatic carboxylic acids is 1. The SMILES string of the molecule is C[C@]12C=CC(=O)C=C1CC[C@@H]1[C@@H]2[C@@H](O)C[C@@]2(C)[C@H]1C[C@H]1O[C@H](c3cnc(Cc4cccc(NC(=O)OCc5ccc(O[C@@H]6O[C@H](C(=O)O)[C@@H](O)[C@H](O)[C@H]6O)c(NC(=O)CCNC(=O)Cc6ccc(-c7nncnn7)cc6)c5)c4)s3)O[C@]12C(=O)CO. The summed E-state index contributed by atoms with van der Waals surface area (Å²) in [5.41, 5.74) is 0.877. The lowest BCUT2D eigenvalue weighted by molar-refractivity contribution is -0.271. The Hall–Kier alpha value is -7.79. The van der Waals surface area contributed by atoms with Crippen LogP contribution in [-0.4, -0.2) is 153 Å². The molecule has 5 aromatic rings. The van der Waals surface area contributed by atoms with Crippen molar-refractivity contribution in [2.24, 2.45) is 28.6 Å². The fourth-order valence-corrected chi connectivity index (χ4v) is 14.5. The fraction of sp³-hybridized carbons (Fsp3) is 0.441. The Kier molecular flexibility index (Phi) is 16.6. The van der Waals surface area contributed by atoms with Gasteiger partial charge in [0, 0.05) is 53.6 Å². The molecule has 3 saturated carbocycles. The summed E-state index contributed by atoms with van der Waals surface area (Å²) in [6.07, 6.45) is -2.70. The number of allylic oxidation sites excluding steroid dienone is 4. The van der Waals surface area contributed by atoms with Crippen LogP contribution in [0.2, 0.25) is 0 Å². The van der Waals surface area contributed by atoms with Gasteiger partial charge in [-0.3, -0.25) is 24.5 Å². The first-order valence-corrected chi connectivity index (χ1v) is 28.5. The van der Waals surface area contributed by atoms with Gasteiger partial charge in [0.05, 0.1) is 34.2 Å². The Morgan fingerprint density at radius 2 is 1.66 bits per heavy atom. The summed E-state index contributed by atoms with van der Waals surface area (Å²) >= 11 is 1.33. The number of fused-ring (bicyclic) bond motifs is 7. The van der Waals surface area contributed by atoms with E-state index in [2.05, 4.69) is 48.3 Å². The van der Waals surface area contributed by atoms with Crippen LogP contribution in [-0.2, 0) is 62.4 Å². The molecule has 11 rings (SSSR count). The number of aliphatic hydroxyl groups excluding tert-OH is 5. The zero-order valence-electron chi connectivity index (χ0n) is 46.0. The van der Waals surface area contributed by atoms with Crippen LogP contribution in [0.4, 0.5) is 16.2 Å². The van der Waals surface area contributed by atoms with Crippen LogP contribution >= 0.6 is 11.3 Å². The third-order valence-corrected chi connectivity index (χ3v) is 18.5. The van der Waals surface area contributed by atoms with Crippen molar-refractivity contribution in [1.82, 2.24) is 30.7 Å². The fourth-order valence-electron chi connectivity index (χ4n) is 13.6. The molecule has 2 aliphatic heterocycles. The number of hydrogen-bond donors (Lipinski definition) is 9. The van der Waals surface area contributed by atoms with E-state index in [1.807, 2.05) is 19.1 Å². The summed E-state index contributed by atoms with van der Waals surface area (Å²) in [5.74, 6) is -3.26. The van der Waals surface area contributed by atoms with Gasteiger partial charge >= 0.3 is 12.1 Å². The maximum atomic E-state index is 14.1. The van der Waals surface area contributed by atoms with Crippen LogP contribution < -0.4 is 20.7 Å². The predicted octanol–water partition coefficient (Wildman–Crippen LogP) is 3.29. The number of amides is 3. The molecule has 446 valence electrons. The maximum absolute atomic E-state index is 14.1. The maximum Gasteiger partial charge on any atom is 0.411 e. The second-order valence-corrected chi connectivity index (χ2v) is 23.8. The summed E-state index contributed by atoms with van der Waals surface area (Å²) in [6, 6.07) is 18.0. The molecular formula is C59H62N8O17S. The van der Waals surface area contributed by atoms with Crippen LogP contribution in [0, 0.1) is 28.6 Å². The van der Waals surface area contributed by atoms with Gasteiger partial charge in [0.15, 0.2) is 35.9 Å². The minimum atomic E-state index is -1.99. The molecule has 4 heterocycles. The van der Waals surface area contributed by atoms with Crippen molar-refractivity contribution < 1.29 is 83.1 Å². The van der Waals surface area contributed by atoms with Gasteiger partial charge in [-0.1, -0.05) is 68.0 Å². The quantitative estimate of drug-likeness (QED) is 0.0608. The molecule has 25 nitrogen and oxygen atoms in total. The van der Waals surface area contributed by atoms with E-state index >= 15 is 0 Å². The van der Waals surface area contributed by atoms with Crippen molar-refractivity contribution in [3.63, 3.8) is 0 Å². The molecule has 4 aliphatic carbocycles. The molecular weight excluding hydrogens is 1120 g/mol. The average Bonchev–Trinajstić information content (AvgIpc) is 1.56.